The van der Waals surface area contributed by atoms with Crippen LogP contribution >= 0.6 is 0 Å². The van der Waals surface area contributed by atoms with Crippen LogP contribution < -0.4 is 0 Å². The number of aromatic nitrogens is 4. The third-order valence-electron chi connectivity index (χ3n) is 2.00. The van der Waals surface area contributed by atoms with Crippen molar-refractivity contribution in [2.24, 2.45) is 0 Å². The molecule has 76 valence electrons. The van der Waals surface area contributed by atoms with E-state index in [4.69, 9.17) is 6.57 Å². The lowest BCUT2D eigenvalue weighted by atomic mass is 9.96. The highest BCUT2D eigenvalue weighted by Gasteiger charge is 2.19. The van der Waals surface area contributed by atoms with E-state index in [-0.39, 0.29) is 5.41 Å². The molecule has 0 aromatic carbocycles. The van der Waals surface area contributed by atoms with E-state index in [0.717, 1.165) is 5.82 Å². The Bertz CT molecular complexity index is 541. The molecule has 2 aromatic rings. The highest BCUT2D eigenvalue weighted by atomic mass is 15.3. The molecule has 0 radical (unpaired) electrons. The molecule has 0 aliphatic heterocycles. The van der Waals surface area contributed by atoms with E-state index < -0.39 is 0 Å². The van der Waals surface area contributed by atoms with E-state index in [0.29, 0.717) is 11.5 Å². The van der Waals surface area contributed by atoms with Gasteiger partial charge >= 0.3 is 0 Å². The lowest BCUT2D eigenvalue weighted by Crippen LogP contribution is -2.13. The van der Waals surface area contributed by atoms with Gasteiger partial charge in [-0.1, -0.05) is 27.3 Å². The van der Waals surface area contributed by atoms with Crippen LogP contribution in [0.5, 0.6) is 0 Å². The minimum atomic E-state index is -0.0930. The smallest absolute Gasteiger partial charge is 0.274 e. The third-order valence-corrected chi connectivity index (χ3v) is 2.00. The number of hydrogen-bond donors (Lipinski definition) is 0. The lowest BCUT2D eigenvalue weighted by molar-refractivity contribution is 0.545. The topological polar surface area (TPSA) is 47.4 Å². The molecule has 2 aromatic heterocycles. The van der Waals surface area contributed by atoms with Crippen LogP contribution in [0.1, 0.15) is 26.6 Å². The average Bonchev–Trinajstić information content (AvgIpc) is 2.59. The van der Waals surface area contributed by atoms with Crippen LogP contribution in [0.4, 0.5) is 5.82 Å². The van der Waals surface area contributed by atoms with Crippen molar-refractivity contribution in [2.45, 2.75) is 26.2 Å². The normalized spacial score (nSPS) is 11.6. The van der Waals surface area contributed by atoms with E-state index in [2.05, 4.69) is 19.9 Å². The molecule has 0 atom stereocenters. The molecule has 0 saturated carbocycles. The molecule has 0 aliphatic carbocycles. The predicted octanol–water partition coefficient (Wildman–Crippen LogP) is 1.97. The average molecular weight is 201 g/mol. The first-order chi connectivity index (χ1) is 7.00. The van der Waals surface area contributed by atoms with Crippen molar-refractivity contribution in [1.29, 1.82) is 0 Å². The number of hydrogen-bond acceptors (Lipinski definition) is 3. The van der Waals surface area contributed by atoms with Crippen LogP contribution in [-0.2, 0) is 5.41 Å². The molecule has 0 bridgehead atoms. The zero-order chi connectivity index (χ0) is 11.1. The Morgan fingerprint density at radius 3 is 2.73 bits per heavy atom. The molecule has 15 heavy (non-hydrogen) atoms. The SMILES string of the molecule is [C-]#[N+]c1cc2nc(C(C)(C)C)nn2cn1. The van der Waals surface area contributed by atoms with Crippen LogP contribution in [0.2, 0.25) is 0 Å². The largest absolute Gasteiger partial charge is 0.360 e. The molecule has 0 unspecified atom stereocenters. The van der Waals surface area contributed by atoms with Crippen molar-refractivity contribution in [1.82, 2.24) is 19.6 Å². The van der Waals surface area contributed by atoms with Crippen molar-refractivity contribution < 1.29 is 0 Å². The molecular weight excluding hydrogens is 190 g/mol. The molecule has 0 aliphatic rings. The molecule has 5 heteroatoms. The van der Waals surface area contributed by atoms with Crippen molar-refractivity contribution in [3.63, 3.8) is 0 Å². The fourth-order valence-electron chi connectivity index (χ4n) is 1.16. The zero-order valence-electron chi connectivity index (χ0n) is 8.89. The summed E-state index contributed by atoms with van der Waals surface area (Å²) in [5.41, 5.74) is 0.575. The summed E-state index contributed by atoms with van der Waals surface area (Å²) in [4.78, 5) is 11.5. The molecule has 0 saturated heterocycles. The van der Waals surface area contributed by atoms with Crippen molar-refractivity contribution in [2.75, 3.05) is 0 Å². The molecule has 2 rings (SSSR count). The molecule has 0 N–H and O–H groups in total. The van der Waals surface area contributed by atoms with Gasteiger partial charge in [0.2, 0.25) is 6.33 Å². The minimum absolute atomic E-state index is 0.0930. The second kappa shape index (κ2) is 3.02. The van der Waals surface area contributed by atoms with Gasteiger partial charge in [-0.05, 0) is 0 Å². The van der Waals surface area contributed by atoms with Gasteiger partial charge in [0, 0.05) is 11.5 Å². The van der Waals surface area contributed by atoms with Gasteiger partial charge in [-0.25, -0.2) is 4.98 Å². The second-order valence-corrected chi connectivity index (χ2v) is 4.35. The van der Waals surface area contributed by atoms with E-state index in [1.54, 1.807) is 10.6 Å². The van der Waals surface area contributed by atoms with Crippen LogP contribution in [0.3, 0.4) is 0 Å². The molecule has 0 spiro atoms. The summed E-state index contributed by atoms with van der Waals surface area (Å²) in [6.07, 6.45) is 1.52. The van der Waals surface area contributed by atoms with Gasteiger partial charge in [0.05, 0.1) is 0 Å². The van der Waals surface area contributed by atoms with Crippen molar-refractivity contribution >= 4 is 11.5 Å². The van der Waals surface area contributed by atoms with Gasteiger partial charge in [0.15, 0.2) is 11.5 Å². The first kappa shape index (κ1) is 9.59. The van der Waals surface area contributed by atoms with E-state index in [1.165, 1.54) is 6.33 Å². The number of fused-ring (bicyclic) bond motifs is 1. The first-order valence-corrected chi connectivity index (χ1v) is 4.61. The molecule has 5 nitrogen and oxygen atoms in total. The highest BCUT2D eigenvalue weighted by Crippen LogP contribution is 2.19. The summed E-state index contributed by atoms with van der Waals surface area (Å²) in [5, 5.41) is 4.30. The Balaban J connectivity index is 2.62. The molecule has 2 heterocycles. The predicted molar refractivity (Wildman–Crippen MR) is 55.7 cm³/mol. The summed E-state index contributed by atoms with van der Waals surface area (Å²) in [7, 11) is 0. The molecule has 0 fully saturated rings. The van der Waals surface area contributed by atoms with Crippen molar-refractivity contribution in [3.05, 3.63) is 29.6 Å². The van der Waals surface area contributed by atoms with Crippen LogP contribution in [0, 0.1) is 6.57 Å². The fraction of sp³-hybridized carbons (Fsp3) is 0.400. The fourth-order valence-corrected chi connectivity index (χ4v) is 1.16. The summed E-state index contributed by atoms with van der Waals surface area (Å²) >= 11 is 0. The maximum Gasteiger partial charge on any atom is 0.274 e. The van der Waals surface area contributed by atoms with Crippen LogP contribution in [0.15, 0.2) is 12.4 Å². The van der Waals surface area contributed by atoms with Crippen LogP contribution in [-0.4, -0.2) is 19.6 Å². The Morgan fingerprint density at radius 1 is 1.40 bits per heavy atom. The molecular formula is C10H11N5. The Labute approximate surface area is 87.6 Å². The molecule has 0 amide bonds. The second-order valence-electron chi connectivity index (χ2n) is 4.35. The minimum Gasteiger partial charge on any atom is -0.360 e. The van der Waals surface area contributed by atoms with Gasteiger partial charge in [-0.2, -0.15) is 4.52 Å². The number of rotatable bonds is 0. The summed E-state index contributed by atoms with van der Waals surface area (Å²) in [5.74, 6) is 1.10. The Hall–Kier alpha value is -1.96. The van der Waals surface area contributed by atoms with Gasteiger partial charge in [-0.15, -0.1) is 10.1 Å². The standard InChI is InChI=1S/C10H11N5/c1-10(2,3)9-13-8-5-7(11-4)12-6-15(8)14-9/h5-6H,1-3H3. The van der Waals surface area contributed by atoms with E-state index in [9.17, 15) is 0 Å². The van der Waals surface area contributed by atoms with E-state index in [1.807, 2.05) is 20.8 Å². The summed E-state index contributed by atoms with van der Waals surface area (Å²) < 4.78 is 1.59. The zero-order valence-corrected chi connectivity index (χ0v) is 8.89. The van der Waals surface area contributed by atoms with Crippen molar-refractivity contribution in [3.8, 4) is 0 Å². The summed E-state index contributed by atoms with van der Waals surface area (Å²) in [6.45, 7) is 13.0. The van der Waals surface area contributed by atoms with Crippen LogP contribution in [0.25, 0.3) is 10.5 Å². The maximum atomic E-state index is 6.85. The van der Waals surface area contributed by atoms with E-state index >= 15 is 0 Å². The quantitative estimate of drug-likeness (QED) is 0.612. The Kier molecular flexibility index (Phi) is 1.93. The maximum absolute atomic E-state index is 6.85. The van der Waals surface area contributed by atoms with Gasteiger partial charge < -0.3 is 4.85 Å². The van der Waals surface area contributed by atoms with Gasteiger partial charge in [0.1, 0.15) is 0 Å². The monoisotopic (exact) mass is 201 g/mol. The van der Waals surface area contributed by atoms with Gasteiger partial charge in [0.25, 0.3) is 5.82 Å². The third kappa shape index (κ3) is 1.66. The summed E-state index contributed by atoms with van der Waals surface area (Å²) in [6, 6.07) is 1.63. The lowest BCUT2D eigenvalue weighted by Gasteiger charge is -2.11. The first-order valence-electron chi connectivity index (χ1n) is 4.61. The Morgan fingerprint density at radius 2 is 2.13 bits per heavy atom. The highest BCUT2D eigenvalue weighted by molar-refractivity contribution is 5.49. The number of nitrogens with zero attached hydrogens (tertiary/aromatic N) is 5. The van der Waals surface area contributed by atoms with Gasteiger partial charge in [-0.3, -0.25) is 0 Å².